The molecule has 0 fully saturated rings. The predicted molar refractivity (Wildman–Crippen MR) is 114 cm³/mol. The van der Waals surface area contributed by atoms with E-state index < -0.39 is 24.0 Å². The number of urea groups is 1. The fraction of sp³-hybridized carbons (Fsp3) is 0.174. The van der Waals surface area contributed by atoms with Crippen LogP contribution in [0.2, 0.25) is 0 Å². The number of amides is 3. The van der Waals surface area contributed by atoms with Crippen molar-refractivity contribution in [2.45, 2.75) is 26.1 Å². The molecule has 2 aromatic carbocycles. The van der Waals surface area contributed by atoms with E-state index in [2.05, 4.69) is 16.0 Å². The second-order valence-corrected chi connectivity index (χ2v) is 6.68. The lowest BCUT2D eigenvalue weighted by Gasteiger charge is -2.15. The lowest BCUT2D eigenvalue weighted by molar-refractivity contribution is -0.127. The highest BCUT2D eigenvalue weighted by molar-refractivity contribution is 6.00. The van der Waals surface area contributed by atoms with E-state index >= 15 is 0 Å². The van der Waals surface area contributed by atoms with Gasteiger partial charge in [-0.25, -0.2) is 9.59 Å². The Kier molecular flexibility index (Phi) is 7.42. The summed E-state index contributed by atoms with van der Waals surface area (Å²) in [5.74, 6) is -0.702. The number of rotatable bonds is 8. The number of carbonyl (C=O) groups is 3. The summed E-state index contributed by atoms with van der Waals surface area (Å²) in [6.07, 6.45) is 0.404. The van der Waals surface area contributed by atoms with Crippen molar-refractivity contribution in [1.82, 2.24) is 10.6 Å². The lowest BCUT2D eigenvalue weighted by atomic mass is 10.1. The molecule has 31 heavy (non-hydrogen) atoms. The van der Waals surface area contributed by atoms with Crippen molar-refractivity contribution in [1.29, 1.82) is 0 Å². The van der Waals surface area contributed by atoms with Crippen molar-refractivity contribution in [3.63, 3.8) is 0 Å². The highest BCUT2D eigenvalue weighted by atomic mass is 16.5. The smallest absolute Gasteiger partial charge is 0.341 e. The molecule has 0 aliphatic carbocycles. The Labute approximate surface area is 179 Å². The fourth-order valence-corrected chi connectivity index (χ4v) is 2.72. The van der Waals surface area contributed by atoms with Crippen LogP contribution in [0.5, 0.6) is 0 Å². The molecular weight excluding hydrogens is 398 g/mol. The molecule has 160 valence electrons. The summed E-state index contributed by atoms with van der Waals surface area (Å²) in [5, 5.41) is 7.85. The van der Waals surface area contributed by atoms with E-state index in [1.54, 1.807) is 36.6 Å². The van der Waals surface area contributed by atoms with Gasteiger partial charge in [-0.2, -0.15) is 0 Å². The third-order valence-corrected chi connectivity index (χ3v) is 4.37. The zero-order valence-electron chi connectivity index (χ0n) is 17.0. The number of imide groups is 1. The average Bonchev–Trinajstić information content (AvgIpc) is 3.31. The number of hydrogen-bond acceptors (Lipinski definition) is 6. The molecule has 1 heterocycles. The van der Waals surface area contributed by atoms with Gasteiger partial charge in [-0.15, -0.1) is 0 Å². The number of anilines is 1. The number of hydrogen-bond donors (Lipinski definition) is 3. The molecule has 0 aliphatic rings. The third-order valence-electron chi connectivity index (χ3n) is 4.37. The molecule has 3 N–H and O–H groups in total. The first kappa shape index (κ1) is 21.6. The highest BCUT2D eigenvalue weighted by Crippen LogP contribution is 2.18. The van der Waals surface area contributed by atoms with Gasteiger partial charge in [-0.1, -0.05) is 42.5 Å². The predicted octanol–water partition coefficient (Wildman–Crippen LogP) is 3.46. The van der Waals surface area contributed by atoms with Crippen LogP contribution in [-0.4, -0.2) is 24.0 Å². The van der Waals surface area contributed by atoms with Crippen LogP contribution in [0.25, 0.3) is 0 Å². The van der Waals surface area contributed by atoms with Gasteiger partial charge < -0.3 is 19.8 Å². The summed E-state index contributed by atoms with van der Waals surface area (Å²) in [6.45, 7) is 2.05. The topological polar surface area (TPSA) is 110 Å². The Balaban J connectivity index is 1.51. The first-order valence-electron chi connectivity index (χ1n) is 9.72. The van der Waals surface area contributed by atoms with E-state index in [0.29, 0.717) is 18.0 Å². The van der Waals surface area contributed by atoms with Crippen molar-refractivity contribution < 1.29 is 23.5 Å². The molecule has 0 saturated carbocycles. The minimum Gasteiger partial charge on any atom is -0.467 e. The highest BCUT2D eigenvalue weighted by Gasteiger charge is 2.22. The van der Waals surface area contributed by atoms with Gasteiger partial charge in [-0.3, -0.25) is 10.1 Å². The van der Waals surface area contributed by atoms with Gasteiger partial charge in [0.05, 0.1) is 18.4 Å². The normalized spacial score (nSPS) is 11.3. The molecular formula is C23H23N3O5. The summed E-state index contributed by atoms with van der Waals surface area (Å²) in [4.78, 5) is 36.7. The molecule has 0 aliphatic heterocycles. The van der Waals surface area contributed by atoms with Crippen molar-refractivity contribution in [3.8, 4) is 0 Å². The molecule has 0 spiro atoms. The molecule has 0 bridgehead atoms. The van der Waals surface area contributed by atoms with Gasteiger partial charge in [-0.05, 0) is 36.8 Å². The van der Waals surface area contributed by atoms with E-state index in [1.165, 1.54) is 6.92 Å². The number of nitrogens with one attached hydrogen (secondary N) is 3. The molecule has 0 saturated heterocycles. The Bertz CT molecular complexity index is 1020. The van der Waals surface area contributed by atoms with Crippen LogP contribution in [0.15, 0.2) is 77.4 Å². The number of esters is 1. The monoisotopic (exact) mass is 421 g/mol. The summed E-state index contributed by atoms with van der Waals surface area (Å²) in [6, 6.07) is 19.0. The molecule has 3 rings (SSSR count). The number of carbonyl (C=O) groups excluding carboxylic acids is 3. The van der Waals surface area contributed by atoms with Gasteiger partial charge in [0.2, 0.25) is 0 Å². The van der Waals surface area contributed by atoms with Crippen molar-refractivity contribution in [3.05, 3.63) is 89.9 Å². The Morgan fingerprint density at radius 2 is 1.68 bits per heavy atom. The van der Waals surface area contributed by atoms with Crippen molar-refractivity contribution >= 4 is 23.6 Å². The van der Waals surface area contributed by atoms with Crippen molar-refractivity contribution in [2.24, 2.45) is 0 Å². The SMILES string of the molecule is C[C@@H](OC(=O)c1ccccc1NCc1ccco1)C(=O)NC(=O)NCc1ccccc1. The molecule has 0 radical (unpaired) electrons. The van der Waals surface area contributed by atoms with Gasteiger partial charge in [0.1, 0.15) is 5.76 Å². The molecule has 8 heteroatoms. The van der Waals surface area contributed by atoms with E-state index in [9.17, 15) is 14.4 Å². The minimum atomic E-state index is -1.16. The number of ether oxygens (including phenoxy) is 1. The first-order valence-corrected chi connectivity index (χ1v) is 9.72. The average molecular weight is 421 g/mol. The Hall–Kier alpha value is -4.07. The number of furan rings is 1. The summed E-state index contributed by atoms with van der Waals surface area (Å²) >= 11 is 0. The van der Waals surface area contributed by atoms with Crippen LogP contribution in [0, 0.1) is 0 Å². The standard InChI is InChI=1S/C23H23N3O5/c1-16(21(27)26-23(29)25-14-17-8-3-2-4-9-17)31-22(28)19-11-5-6-12-20(19)24-15-18-10-7-13-30-18/h2-13,16,24H,14-15H2,1H3,(H2,25,26,27,29)/t16-/m1/s1. The second kappa shape index (κ2) is 10.6. The second-order valence-electron chi connectivity index (χ2n) is 6.68. The molecule has 8 nitrogen and oxygen atoms in total. The van der Waals surface area contributed by atoms with Gasteiger partial charge in [0, 0.05) is 12.2 Å². The third kappa shape index (κ3) is 6.46. The van der Waals surface area contributed by atoms with Crippen LogP contribution in [-0.2, 0) is 22.6 Å². The van der Waals surface area contributed by atoms with Gasteiger partial charge >= 0.3 is 12.0 Å². The van der Waals surface area contributed by atoms with Crippen LogP contribution in [0.3, 0.4) is 0 Å². The Morgan fingerprint density at radius 1 is 0.935 bits per heavy atom. The van der Waals surface area contributed by atoms with Crippen LogP contribution >= 0.6 is 0 Å². The summed E-state index contributed by atoms with van der Waals surface area (Å²) < 4.78 is 10.5. The zero-order chi connectivity index (χ0) is 22.1. The van der Waals surface area contributed by atoms with Crippen molar-refractivity contribution in [2.75, 3.05) is 5.32 Å². The largest absolute Gasteiger partial charge is 0.467 e. The number of benzene rings is 2. The molecule has 3 aromatic rings. The fourth-order valence-electron chi connectivity index (χ4n) is 2.72. The summed E-state index contributed by atoms with van der Waals surface area (Å²) in [5.41, 5.74) is 1.70. The van der Waals surface area contributed by atoms with Gasteiger partial charge in [0.15, 0.2) is 6.10 Å². The quantitative estimate of drug-likeness (QED) is 0.481. The van der Waals surface area contributed by atoms with Crippen LogP contribution in [0.1, 0.15) is 28.6 Å². The molecule has 1 atom stereocenters. The molecule has 0 unspecified atom stereocenters. The first-order chi connectivity index (χ1) is 15.0. The maximum absolute atomic E-state index is 12.6. The molecule has 1 aromatic heterocycles. The zero-order valence-corrected chi connectivity index (χ0v) is 17.0. The number of para-hydroxylation sites is 1. The van der Waals surface area contributed by atoms with E-state index in [4.69, 9.17) is 9.15 Å². The van der Waals surface area contributed by atoms with E-state index in [-0.39, 0.29) is 12.1 Å². The van der Waals surface area contributed by atoms with Crippen LogP contribution < -0.4 is 16.0 Å². The van der Waals surface area contributed by atoms with Gasteiger partial charge in [0.25, 0.3) is 5.91 Å². The lowest BCUT2D eigenvalue weighted by Crippen LogP contribution is -2.44. The summed E-state index contributed by atoms with van der Waals surface area (Å²) in [7, 11) is 0. The maximum Gasteiger partial charge on any atom is 0.341 e. The van der Waals surface area contributed by atoms with Crippen LogP contribution in [0.4, 0.5) is 10.5 Å². The van der Waals surface area contributed by atoms with E-state index in [0.717, 1.165) is 5.56 Å². The van der Waals surface area contributed by atoms with E-state index in [1.807, 2.05) is 36.4 Å². The minimum absolute atomic E-state index is 0.266. The maximum atomic E-state index is 12.6. The molecule has 3 amide bonds. The Morgan fingerprint density at radius 3 is 2.42 bits per heavy atom.